The monoisotopic (exact) mass is 267 g/mol. The highest BCUT2D eigenvalue weighted by atomic mass is 16.3. The van der Waals surface area contributed by atoms with Crippen LogP contribution in [-0.4, -0.2) is 4.98 Å². The second-order valence-corrected chi connectivity index (χ2v) is 5.54. The van der Waals surface area contributed by atoms with Crippen molar-refractivity contribution in [3.8, 4) is 17.4 Å². The predicted molar refractivity (Wildman–Crippen MR) is 77.0 cm³/mol. The van der Waals surface area contributed by atoms with Crippen LogP contribution in [0.1, 0.15) is 35.9 Å². The van der Waals surface area contributed by atoms with Crippen LogP contribution >= 0.6 is 0 Å². The topological polar surface area (TPSA) is 75.8 Å². The fourth-order valence-electron chi connectivity index (χ4n) is 2.91. The molecule has 102 valence electrons. The Kier molecular flexibility index (Phi) is 2.98. The molecular formula is C16H17N3O. The summed E-state index contributed by atoms with van der Waals surface area (Å²) in [4.78, 5) is 4.43. The molecule has 0 bridgehead atoms. The third kappa shape index (κ3) is 1.96. The molecular weight excluding hydrogens is 250 g/mol. The standard InChI is InChI=1S/C16H17N3O/c1-9-3-5-13-11(7-9)15(12(8-17)16(18)19-13)14-6-4-10(2)20-14/h4,6,9H,3,5,7H2,1-2H3,(H2,18,19)/t9-/m0/s1. The first-order valence-corrected chi connectivity index (χ1v) is 6.88. The summed E-state index contributed by atoms with van der Waals surface area (Å²) in [5.41, 5.74) is 9.38. The van der Waals surface area contributed by atoms with Crippen molar-refractivity contribution in [1.29, 1.82) is 5.26 Å². The Morgan fingerprint density at radius 3 is 2.90 bits per heavy atom. The molecule has 0 aromatic carbocycles. The van der Waals surface area contributed by atoms with Crippen LogP contribution in [-0.2, 0) is 12.8 Å². The van der Waals surface area contributed by atoms with Gasteiger partial charge in [0.2, 0.25) is 0 Å². The van der Waals surface area contributed by atoms with Gasteiger partial charge in [0, 0.05) is 11.3 Å². The molecule has 0 saturated heterocycles. The number of hydrogen-bond acceptors (Lipinski definition) is 4. The molecule has 2 aromatic heterocycles. The molecule has 4 heteroatoms. The van der Waals surface area contributed by atoms with E-state index >= 15 is 0 Å². The van der Waals surface area contributed by atoms with E-state index in [2.05, 4.69) is 18.0 Å². The summed E-state index contributed by atoms with van der Waals surface area (Å²) in [5, 5.41) is 9.42. The number of anilines is 1. The van der Waals surface area contributed by atoms with Gasteiger partial charge in [0.25, 0.3) is 0 Å². The van der Waals surface area contributed by atoms with Crippen LogP contribution in [0.2, 0.25) is 0 Å². The lowest BCUT2D eigenvalue weighted by Gasteiger charge is -2.24. The van der Waals surface area contributed by atoms with Gasteiger partial charge in [0.15, 0.2) is 0 Å². The molecule has 0 radical (unpaired) electrons. The molecule has 0 fully saturated rings. The van der Waals surface area contributed by atoms with Crippen LogP contribution in [0.5, 0.6) is 0 Å². The number of hydrogen-bond donors (Lipinski definition) is 1. The van der Waals surface area contributed by atoms with E-state index in [4.69, 9.17) is 10.2 Å². The van der Waals surface area contributed by atoms with Crippen LogP contribution < -0.4 is 5.73 Å². The molecule has 20 heavy (non-hydrogen) atoms. The molecule has 2 aromatic rings. The first-order valence-electron chi connectivity index (χ1n) is 6.88. The molecule has 1 aliphatic carbocycles. The maximum Gasteiger partial charge on any atom is 0.142 e. The van der Waals surface area contributed by atoms with Crippen molar-refractivity contribution in [3.05, 3.63) is 34.7 Å². The van der Waals surface area contributed by atoms with Crippen LogP contribution in [0.15, 0.2) is 16.5 Å². The first-order chi connectivity index (χ1) is 9.60. The highest BCUT2D eigenvalue weighted by Crippen LogP contribution is 2.37. The summed E-state index contributed by atoms with van der Waals surface area (Å²) in [7, 11) is 0. The van der Waals surface area contributed by atoms with Crippen LogP contribution in [0.3, 0.4) is 0 Å². The Morgan fingerprint density at radius 2 is 2.25 bits per heavy atom. The van der Waals surface area contributed by atoms with Crippen LogP contribution in [0.25, 0.3) is 11.3 Å². The lowest BCUT2D eigenvalue weighted by Crippen LogP contribution is -2.16. The molecule has 0 saturated carbocycles. The smallest absolute Gasteiger partial charge is 0.142 e. The minimum Gasteiger partial charge on any atom is -0.461 e. The minimum absolute atomic E-state index is 0.310. The molecule has 3 rings (SSSR count). The van der Waals surface area contributed by atoms with Gasteiger partial charge in [-0.2, -0.15) is 5.26 Å². The summed E-state index contributed by atoms with van der Waals surface area (Å²) < 4.78 is 5.73. The van der Waals surface area contributed by atoms with E-state index in [1.165, 1.54) is 0 Å². The van der Waals surface area contributed by atoms with Gasteiger partial charge in [-0.1, -0.05) is 6.92 Å². The molecule has 0 amide bonds. The van der Waals surface area contributed by atoms with E-state index in [-0.39, 0.29) is 0 Å². The average molecular weight is 267 g/mol. The molecule has 0 spiro atoms. The van der Waals surface area contributed by atoms with Gasteiger partial charge in [-0.05, 0) is 49.8 Å². The van der Waals surface area contributed by atoms with Crippen molar-refractivity contribution in [2.45, 2.75) is 33.1 Å². The second kappa shape index (κ2) is 4.68. The second-order valence-electron chi connectivity index (χ2n) is 5.54. The van der Waals surface area contributed by atoms with Crippen molar-refractivity contribution in [1.82, 2.24) is 4.98 Å². The molecule has 1 atom stereocenters. The fourth-order valence-corrected chi connectivity index (χ4v) is 2.91. The number of pyridine rings is 1. The lowest BCUT2D eigenvalue weighted by atomic mass is 9.83. The van der Waals surface area contributed by atoms with Gasteiger partial charge in [-0.25, -0.2) is 4.98 Å². The maximum absolute atomic E-state index is 9.42. The zero-order valence-corrected chi connectivity index (χ0v) is 11.7. The Bertz CT molecular complexity index is 709. The Hall–Kier alpha value is -2.28. The Morgan fingerprint density at radius 1 is 1.45 bits per heavy atom. The summed E-state index contributed by atoms with van der Waals surface area (Å²) >= 11 is 0. The number of fused-ring (bicyclic) bond motifs is 1. The van der Waals surface area contributed by atoms with Crippen LogP contribution in [0.4, 0.5) is 5.82 Å². The van der Waals surface area contributed by atoms with E-state index in [0.717, 1.165) is 47.6 Å². The minimum atomic E-state index is 0.310. The van der Waals surface area contributed by atoms with E-state index < -0.39 is 0 Å². The van der Waals surface area contributed by atoms with Gasteiger partial charge in [0.05, 0.1) is 0 Å². The Labute approximate surface area is 118 Å². The van der Waals surface area contributed by atoms with Gasteiger partial charge in [-0.15, -0.1) is 0 Å². The summed E-state index contributed by atoms with van der Waals surface area (Å²) in [6, 6.07) is 6.00. The highest BCUT2D eigenvalue weighted by molar-refractivity contribution is 5.76. The molecule has 0 aliphatic heterocycles. The molecule has 0 unspecified atom stereocenters. The maximum atomic E-state index is 9.42. The van der Waals surface area contributed by atoms with Crippen molar-refractivity contribution in [2.24, 2.45) is 5.92 Å². The zero-order chi connectivity index (χ0) is 14.3. The normalized spacial score (nSPS) is 17.6. The SMILES string of the molecule is Cc1ccc(-c2c(C#N)c(N)nc3c2C[C@@H](C)CC3)o1. The number of aromatic nitrogens is 1. The van der Waals surface area contributed by atoms with E-state index in [9.17, 15) is 5.26 Å². The number of nitrogen functional groups attached to an aromatic ring is 1. The number of rotatable bonds is 1. The molecule has 2 N–H and O–H groups in total. The summed E-state index contributed by atoms with van der Waals surface area (Å²) in [6.07, 6.45) is 2.95. The third-order valence-electron chi connectivity index (χ3n) is 3.94. The number of nitrogens with two attached hydrogens (primary N) is 1. The number of furan rings is 1. The first kappa shape index (κ1) is 12.7. The fraction of sp³-hybridized carbons (Fsp3) is 0.375. The lowest BCUT2D eigenvalue weighted by molar-refractivity contribution is 0.492. The number of aryl methyl sites for hydroxylation is 2. The highest BCUT2D eigenvalue weighted by Gasteiger charge is 2.26. The molecule has 4 nitrogen and oxygen atoms in total. The molecule has 1 aliphatic rings. The van der Waals surface area contributed by atoms with Crippen molar-refractivity contribution in [2.75, 3.05) is 5.73 Å². The van der Waals surface area contributed by atoms with Gasteiger partial charge in [-0.3, -0.25) is 0 Å². The van der Waals surface area contributed by atoms with E-state index in [1.807, 2.05) is 19.1 Å². The van der Waals surface area contributed by atoms with Crippen molar-refractivity contribution >= 4 is 5.82 Å². The Balaban J connectivity index is 2.30. The largest absolute Gasteiger partial charge is 0.461 e. The average Bonchev–Trinajstić information content (AvgIpc) is 2.84. The predicted octanol–water partition coefficient (Wildman–Crippen LogP) is 3.23. The van der Waals surface area contributed by atoms with Crippen LogP contribution in [0, 0.1) is 24.2 Å². The van der Waals surface area contributed by atoms with E-state index in [1.54, 1.807) is 0 Å². The summed E-state index contributed by atoms with van der Waals surface area (Å²) in [6.45, 7) is 4.12. The quantitative estimate of drug-likeness (QED) is 0.860. The number of nitriles is 1. The van der Waals surface area contributed by atoms with Gasteiger partial charge in [0.1, 0.15) is 29.0 Å². The molecule has 2 heterocycles. The third-order valence-corrected chi connectivity index (χ3v) is 3.94. The van der Waals surface area contributed by atoms with E-state index in [0.29, 0.717) is 17.3 Å². The zero-order valence-electron chi connectivity index (χ0n) is 11.7. The summed E-state index contributed by atoms with van der Waals surface area (Å²) in [5.74, 6) is 2.45. The van der Waals surface area contributed by atoms with Gasteiger partial charge < -0.3 is 10.2 Å². The number of nitrogens with zero attached hydrogens (tertiary/aromatic N) is 2. The van der Waals surface area contributed by atoms with Crippen molar-refractivity contribution in [3.63, 3.8) is 0 Å². The van der Waals surface area contributed by atoms with Gasteiger partial charge >= 0.3 is 0 Å². The van der Waals surface area contributed by atoms with Crippen molar-refractivity contribution < 1.29 is 4.42 Å².